The Bertz CT molecular complexity index is 885. The van der Waals surface area contributed by atoms with Crippen molar-refractivity contribution in [3.05, 3.63) is 72.2 Å². The van der Waals surface area contributed by atoms with Crippen LogP contribution in [0.5, 0.6) is 0 Å². The van der Waals surface area contributed by atoms with Gasteiger partial charge < -0.3 is 14.3 Å². The first-order valence-electron chi connectivity index (χ1n) is 8.52. The van der Waals surface area contributed by atoms with Crippen molar-refractivity contribution >= 4 is 11.6 Å². The molecule has 26 heavy (non-hydrogen) atoms. The van der Waals surface area contributed by atoms with Crippen molar-refractivity contribution in [3.8, 4) is 11.3 Å². The van der Waals surface area contributed by atoms with Gasteiger partial charge in [-0.25, -0.2) is 4.39 Å². The maximum Gasteiger partial charge on any atom is 0.292 e. The van der Waals surface area contributed by atoms with Crippen LogP contribution in [0.25, 0.3) is 11.3 Å². The second kappa shape index (κ2) is 7.00. The maximum absolute atomic E-state index is 13.0. The fraction of sp³-hybridized carbons (Fsp3) is 0.200. The summed E-state index contributed by atoms with van der Waals surface area (Å²) in [6, 6.07) is 17.7. The van der Waals surface area contributed by atoms with Gasteiger partial charge in [0.15, 0.2) is 0 Å². The molecule has 0 atom stereocenters. The van der Waals surface area contributed by atoms with E-state index in [2.05, 4.69) is 10.1 Å². The number of aromatic nitrogens is 1. The van der Waals surface area contributed by atoms with Crippen molar-refractivity contribution in [1.82, 2.24) is 10.1 Å². The van der Waals surface area contributed by atoms with Crippen molar-refractivity contribution in [2.45, 2.75) is 0 Å². The van der Waals surface area contributed by atoms with Gasteiger partial charge in [-0.3, -0.25) is 4.79 Å². The van der Waals surface area contributed by atoms with Crippen LogP contribution in [0.1, 0.15) is 10.6 Å². The van der Waals surface area contributed by atoms with Gasteiger partial charge in [-0.1, -0.05) is 35.5 Å². The Hall–Kier alpha value is -3.15. The lowest BCUT2D eigenvalue weighted by atomic mass is 10.1. The van der Waals surface area contributed by atoms with E-state index in [0.717, 1.165) is 11.3 Å². The number of anilines is 1. The highest BCUT2D eigenvalue weighted by Crippen LogP contribution is 2.21. The van der Waals surface area contributed by atoms with Gasteiger partial charge in [0.25, 0.3) is 5.91 Å². The molecule has 1 saturated heterocycles. The van der Waals surface area contributed by atoms with Crippen LogP contribution in [0.15, 0.2) is 65.2 Å². The maximum atomic E-state index is 13.0. The second-order valence-corrected chi connectivity index (χ2v) is 6.20. The number of rotatable bonds is 3. The minimum absolute atomic E-state index is 0.154. The number of nitrogens with zero attached hydrogens (tertiary/aromatic N) is 3. The molecular formula is C20H18FN3O2. The van der Waals surface area contributed by atoms with Gasteiger partial charge in [-0.05, 0) is 24.3 Å². The van der Waals surface area contributed by atoms with Gasteiger partial charge in [0, 0.05) is 43.5 Å². The lowest BCUT2D eigenvalue weighted by Gasteiger charge is -2.35. The van der Waals surface area contributed by atoms with E-state index >= 15 is 0 Å². The fourth-order valence-electron chi connectivity index (χ4n) is 3.10. The van der Waals surface area contributed by atoms with Crippen molar-refractivity contribution in [2.24, 2.45) is 0 Å². The zero-order chi connectivity index (χ0) is 17.9. The number of benzene rings is 2. The van der Waals surface area contributed by atoms with E-state index in [0.29, 0.717) is 31.9 Å². The molecule has 0 bridgehead atoms. The molecule has 0 radical (unpaired) electrons. The molecule has 3 aromatic rings. The molecule has 1 aliphatic rings. The Balaban J connectivity index is 1.41. The molecule has 1 aromatic heterocycles. The molecule has 0 unspecified atom stereocenters. The summed E-state index contributed by atoms with van der Waals surface area (Å²) in [5.74, 6) is -0.153. The normalized spacial score (nSPS) is 14.5. The molecule has 0 aliphatic carbocycles. The van der Waals surface area contributed by atoms with E-state index in [1.165, 1.54) is 12.1 Å². The van der Waals surface area contributed by atoms with Crippen molar-refractivity contribution in [2.75, 3.05) is 31.1 Å². The molecule has 1 fully saturated rings. The van der Waals surface area contributed by atoms with Crippen LogP contribution < -0.4 is 4.90 Å². The Morgan fingerprint density at radius 2 is 1.65 bits per heavy atom. The van der Waals surface area contributed by atoms with Crippen LogP contribution in [-0.2, 0) is 0 Å². The molecule has 1 aliphatic heterocycles. The number of hydrogen-bond acceptors (Lipinski definition) is 4. The van der Waals surface area contributed by atoms with Gasteiger partial charge in [0.1, 0.15) is 11.5 Å². The summed E-state index contributed by atoms with van der Waals surface area (Å²) in [4.78, 5) is 16.6. The zero-order valence-corrected chi connectivity index (χ0v) is 14.1. The fourth-order valence-corrected chi connectivity index (χ4v) is 3.10. The van der Waals surface area contributed by atoms with Crippen molar-refractivity contribution < 1.29 is 13.7 Å². The quantitative estimate of drug-likeness (QED) is 0.725. The lowest BCUT2D eigenvalue weighted by Crippen LogP contribution is -2.48. The van der Waals surface area contributed by atoms with Gasteiger partial charge >= 0.3 is 0 Å². The van der Waals surface area contributed by atoms with E-state index in [4.69, 9.17) is 4.52 Å². The highest BCUT2D eigenvalue weighted by Gasteiger charge is 2.25. The van der Waals surface area contributed by atoms with Crippen LogP contribution in [0.3, 0.4) is 0 Å². The summed E-state index contributed by atoms with van der Waals surface area (Å²) in [6.45, 7) is 2.54. The predicted octanol–water partition coefficient (Wildman–Crippen LogP) is 3.44. The number of amides is 1. The highest BCUT2D eigenvalue weighted by atomic mass is 19.1. The molecule has 2 aromatic carbocycles. The third-order valence-corrected chi connectivity index (χ3v) is 4.55. The minimum Gasteiger partial charge on any atom is -0.368 e. The molecule has 0 spiro atoms. The third kappa shape index (κ3) is 3.31. The van der Waals surface area contributed by atoms with Crippen LogP contribution in [0.2, 0.25) is 0 Å². The number of carbonyl (C=O) groups is 1. The molecule has 6 heteroatoms. The smallest absolute Gasteiger partial charge is 0.292 e. The van der Waals surface area contributed by atoms with Crippen LogP contribution in [-0.4, -0.2) is 42.1 Å². The summed E-state index contributed by atoms with van der Waals surface area (Å²) in [5, 5.41) is 4.00. The third-order valence-electron chi connectivity index (χ3n) is 4.55. The Morgan fingerprint density at radius 1 is 0.962 bits per heavy atom. The first-order valence-corrected chi connectivity index (χ1v) is 8.52. The number of piperazine rings is 1. The summed E-state index contributed by atoms with van der Waals surface area (Å²) in [6.07, 6.45) is 0. The molecule has 0 N–H and O–H groups in total. The molecule has 1 amide bonds. The standard InChI is InChI=1S/C20H18FN3O2/c21-16-6-8-17(9-7-16)23-10-12-24(13-11-23)20(25)19-14-18(22-26-19)15-4-2-1-3-5-15/h1-9,14H,10-13H2. The SMILES string of the molecule is O=C(c1cc(-c2ccccc2)no1)N1CCN(c2ccc(F)cc2)CC1. The first-order chi connectivity index (χ1) is 12.7. The van der Waals surface area contributed by atoms with Crippen molar-refractivity contribution in [3.63, 3.8) is 0 Å². The monoisotopic (exact) mass is 351 g/mol. The van der Waals surface area contributed by atoms with E-state index < -0.39 is 0 Å². The van der Waals surface area contributed by atoms with Gasteiger partial charge in [0.05, 0.1) is 0 Å². The van der Waals surface area contributed by atoms with Gasteiger partial charge in [-0.15, -0.1) is 0 Å². The van der Waals surface area contributed by atoms with Crippen molar-refractivity contribution in [1.29, 1.82) is 0 Å². The van der Waals surface area contributed by atoms with E-state index in [1.807, 2.05) is 30.3 Å². The molecule has 132 valence electrons. The van der Waals surface area contributed by atoms with Gasteiger partial charge in [-0.2, -0.15) is 0 Å². The van der Waals surface area contributed by atoms with Crippen LogP contribution >= 0.6 is 0 Å². The van der Waals surface area contributed by atoms with E-state index in [9.17, 15) is 9.18 Å². The first kappa shape index (κ1) is 16.3. The van der Waals surface area contributed by atoms with Gasteiger partial charge in [0.2, 0.25) is 5.76 Å². The summed E-state index contributed by atoms with van der Waals surface area (Å²) in [7, 11) is 0. The second-order valence-electron chi connectivity index (χ2n) is 6.20. The van der Waals surface area contributed by atoms with Crippen LogP contribution in [0.4, 0.5) is 10.1 Å². The summed E-state index contributed by atoms with van der Waals surface area (Å²) < 4.78 is 18.3. The Morgan fingerprint density at radius 3 is 2.35 bits per heavy atom. The summed E-state index contributed by atoms with van der Waals surface area (Å²) >= 11 is 0. The predicted molar refractivity (Wildman–Crippen MR) is 96.5 cm³/mol. The molecule has 4 rings (SSSR count). The highest BCUT2D eigenvalue weighted by molar-refractivity contribution is 5.92. The van der Waals surface area contributed by atoms with E-state index in [-0.39, 0.29) is 17.5 Å². The number of hydrogen-bond donors (Lipinski definition) is 0. The largest absolute Gasteiger partial charge is 0.368 e. The zero-order valence-electron chi connectivity index (χ0n) is 14.1. The molecular weight excluding hydrogens is 333 g/mol. The Kier molecular flexibility index (Phi) is 4.39. The Labute approximate surface area is 150 Å². The van der Waals surface area contributed by atoms with E-state index in [1.54, 1.807) is 23.1 Å². The number of carbonyl (C=O) groups excluding carboxylic acids is 1. The molecule has 5 nitrogen and oxygen atoms in total. The topological polar surface area (TPSA) is 49.6 Å². The molecule has 0 saturated carbocycles. The minimum atomic E-state index is -0.248. The summed E-state index contributed by atoms with van der Waals surface area (Å²) in [5.41, 5.74) is 2.53. The number of halogens is 1. The molecule has 2 heterocycles. The average Bonchev–Trinajstić information content (AvgIpc) is 3.19. The van der Waals surface area contributed by atoms with Crippen LogP contribution in [0, 0.1) is 5.82 Å². The lowest BCUT2D eigenvalue weighted by molar-refractivity contribution is 0.0705. The average molecular weight is 351 g/mol.